The molecular formula is C21H28ClFN2O2. The minimum Gasteiger partial charge on any atom is -0.384 e. The van der Waals surface area contributed by atoms with Crippen LogP contribution in [-0.2, 0) is 11.2 Å². The molecule has 0 spiro atoms. The Labute approximate surface area is 165 Å². The van der Waals surface area contributed by atoms with E-state index in [0.29, 0.717) is 42.5 Å². The fourth-order valence-corrected chi connectivity index (χ4v) is 4.24. The Morgan fingerprint density at radius 1 is 1.52 bits per heavy atom. The van der Waals surface area contributed by atoms with Crippen LogP contribution in [0.3, 0.4) is 0 Å². The number of ether oxygens (including phenoxy) is 1. The second-order valence-electron chi connectivity index (χ2n) is 7.90. The predicted octanol–water partition coefficient (Wildman–Crippen LogP) is 4.68. The van der Waals surface area contributed by atoms with Gasteiger partial charge in [0.1, 0.15) is 5.67 Å². The molecule has 1 aliphatic carbocycles. The zero-order chi connectivity index (χ0) is 19.6. The molecule has 6 heteroatoms. The van der Waals surface area contributed by atoms with Crippen molar-refractivity contribution in [3.05, 3.63) is 40.7 Å². The van der Waals surface area contributed by atoms with Gasteiger partial charge in [-0.3, -0.25) is 4.79 Å². The summed E-state index contributed by atoms with van der Waals surface area (Å²) in [6, 6.07) is 5.54. The van der Waals surface area contributed by atoms with Crippen LogP contribution in [0.25, 0.3) is 5.52 Å². The summed E-state index contributed by atoms with van der Waals surface area (Å²) in [7, 11) is 1.66. The summed E-state index contributed by atoms with van der Waals surface area (Å²) < 4.78 is 21.4. The van der Waals surface area contributed by atoms with Crippen molar-refractivity contribution < 1.29 is 13.9 Å². The first-order chi connectivity index (χ1) is 12.8. The zero-order valence-corrected chi connectivity index (χ0v) is 17.0. The summed E-state index contributed by atoms with van der Waals surface area (Å²) in [5.74, 6) is 0.189. The Morgan fingerprint density at radius 3 is 3.00 bits per heavy atom. The van der Waals surface area contributed by atoms with Crippen LogP contribution in [0, 0.1) is 11.8 Å². The van der Waals surface area contributed by atoms with E-state index in [1.165, 1.54) is 0 Å². The first-order valence-corrected chi connectivity index (χ1v) is 9.95. The molecule has 2 heterocycles. The van der Waals surface area contributed by atoms with Crippen molar-refractivity contribution in [3.8, 4) is 0 Å². The number of carbonyl (C=O) groups is 1. The molecule has 2 aromatic heterocycles. The van der Waals surface area contributed by atoms with Gasteiger partial charge in [0.05, 0.1) is 22.7 Å². The number of rotatable bonds is 6. The van der Waals surface area contributed by atoms with Gasteiger partial charge >= 0.3 is 0 Å². The average molecular weight is 395 g/mol. The molecule has 1 saturated carbocycles. The highest BCUT2D eigenvalue weighted by Crippen LogP contribution is 2.39. The number of hydrogen-bond acceptors (Lipinski definition) is 2. The number of pyridine rings is 1. The van der Waals surface area contributed by atoms with Crippen LogP contribution >= 0.6 is 11.6 Å². The SMILES string of the molecule is COCCc1cc(C(=O)NCC2CCC(C)(F)C(C)C2)c2c(Cl)cccn12. The van der Waals surface area contributed by atoms with Crippen LogP contribution in [0.5, 0.6) is 0 Å². The van der Waals surface area contributed by atoms with Crippen molar-refractivity contribution in [2.75, 3.05) is 20.3 Å². The Kier molecular flexibility index (Phi) is 6.11. The summed E-state index contributed by atoms with van der Waals surface area (Å²) in [4.78, 5) is 12.9. The molecule has 1 aliphatic rings. The average Bonchev–Trinajstić information content (AvgIpc) is 3.01. The smallest absolute Gasteiger partial charge is 0.253 e. The summed E-state index contributed by atoms with van der Waals surface area (Å²) in [5.41, 5.74) is 1.18. The number of halogens is 2. The van der Waals surface area contributed by atoms with E-state index in [4.69, 9.17) is 16.3 Å². The zero-order valence-electron chi connectivity index (χ0n) is 16.2. The van der Waals surface area contributed by atoms with E-state index in [0.717, 1.165) is 24.1 Å². The highest BCUT2D eigenvalue weighted by Gasteiger charge is 2.37. The van der Waals surface area contributed by atoms with Crippen molar-refractivity contribution >= 4 is 23.0 Å². The maximum atomic E-state index is 14.3. The Hall–Kier alpha value is -1.59. The summed E-state index contributed by atoms with van der Waals surface area (Å²) in [6.07, 6.45) is 4.75. The van der Waals surface area contributed by atoms with Gasteiger partial charge in [0.25, 0.3) is 5.91 Å². The second-order valence-corrected chi connectivity index (χ2v) is 8.30. The molecule has 1 amide bonds. The Balaban J connectivity index is 1.74. The fourth-order valence-electron chi connectivity index (χ4n) is 3.97. The first-order valence-electron chi connectivity index (χ1n) is 9.58. The lowest BCUT2D eigenvalue weighted by atomic mass is 9.74. The van der Waals surface area contributed by atoms with Gasteiger partial charge in [-0.2, -0.15) is 0 Å². The summed E-state index contributed by atoms with van der Waals surface area (Å²) >= 11 is 6.38. The number of carbonyl (C=O) groups excluding carboxylic acids is 1. The normalized spacial score (nSPS) is 25.7. The molecule has 0 bridgehead atoms. The molecule has 1 fully saturated rings. The van der Waals surface area contributed by atoms with Crippen LogP contribution in [0.1, 0.15) is 49.2 Å². The molecule has 1 N–H and O–H groups in total. The van der Waals surface area contributed by atoms with Gasteiger partial charge in [0, 0.05) is 32.0 Å². The third-order valence-electron chi connectivity index (χ3n) is 5.93. The Morgan fingerprint density at radius 2 is 2.30 bits per heavy atom. The van der Waals surface area contributed by atoms with Crippen molar-refractivity contribution in [1.82, 2.24) is 9.72 Å². The first kappa shape index (κ1) is 20.2. The number of methoxy groups -OCH3 is 1. The van der Waals surface area contributed by atoms with Crippen molar-refractivity contribution in [1.29, 1.82) is 0 Å². The van der Waals surface area contributed by atoms with E-state index in [2.05, 4.69) is 5.32 Å². The molecule has 0 aliphatic heterocycles. The van der Waals surface area contributed by atoms with E-state index < -0.39 is 5.67 Å². The van der Waals surface area contributed by atoms with Gasteiger partial charge in [-0.1, -0.05) is 18.5 Å². The van der Waals surface area contributed by atoms with Gasteiger partial charge in [-0.15, -0.1) is 0 Å². The van der Waals surface area contributed by atoms with Crippen molar-refractivity contribution in [2.24, 2.45) is 11.8 Å². The predicted molar refractivity (Wildman–Crippen MR) is 106 cm³/mol. The number of hydrogen-bond donors (Lipinski definition) is 1. The molecule has 3 unspecified atom stereocenters. The van der Waals surface area contributed by atoms with E-state index in [1.807, 2.05) is 29.7 Å². The minimum atomic E-state index is -1.09. The van der Waals surface area contributed by atoms with Crippen molar-refractivity contribution in [3.63, 3.8) is 0 Å². The minimum absolute atomic E-state index is 0.0125. The van der Waals surface area contributed by atoms with E-state index >= 15 is 0 Å². The second kappa shape index (κ2) is 8.19. The molecule has 3 atom stereocenters. The van der Waals surface area contributed by atoms with Crippen LogP contribution < -0.4 is 5.32 Å². The molecule has 0 radical (unpaired) electrons. The molecule has 4 nitrogen and oxygen atoms in total. The number of aromatic nitrogens is 1. The van der Waals surface area contributed by atoms with E-state index in [1.54, 1.807) is 20.1 Å². The topological polar surface area (TPSA) is 42.7 Å². The molecular weight excluding hydrogens is 367 g/mol. The lowest BCUT2D eigenvalue weighted by molar-refractivity contribution is 0.0428. The quantitative estimate of drug-likeness (QED) is 0.773. The fraction of sp³-hybridized carbons (Fsp3) is 0.571. The largest absolute Gasteiger partial charge is 0.384 e. The number of nitrogens with one attached hydrogen (secondary N) is 1. The lowest BCUT2D eigenvalue weighted by Crippen LogP contribution is -2.39. The molecule has 2 aromatic rings. The molecule has 3 rings (SSSR count). The number of alkyl halides is 1. The maximum Gasteiger partial charge on any atom is 0.253 e. The third-order valence-corrected chi connectivity index (χ3v) is 6.24. The number of amides is 1. The van der Waals surface area contributed by atoms with Gasteiger partial charge in [0.2, 0.25) is 0 Å². The third kappa shape index (κ3) is 4.30. The van der Waals surface area contributed by atoms with E-state index in [-0.39, 0.29) is 11.8 Å². The van der Waals surface area contributed by atoms with Gasteiger partial charge in [0.15, 0.2) is 0 Å². The van der Waals surface area contributed by atoms with Crippen LogP contribution in [0.4, 0.5) is 4.39 Å². The maximum absolute atomic E-state index is 14.3. The van der Waals surface area contributed by atoms with E-state index in [9.17, 15) is 9.18 Å². The van der Waals surface area contributed by atoms with Crippen molar-refractivity contribution in [2.45, 2.75) is 45.2 Å². The van der Waals surface area contributed by atoms with Crippen LogP contribution in [-0.4, -0.2) is 36.2 Å². The summed E-state index contributed by atoms with van der Waals surface area (Å²) in [6.45, 7) is 4.77. The summed E-state index contributed by atoms with van der Waals surface area (Å²) in [5, 5.41) is 3.59. The van der Waals surface area contributed by atoms with Crippen LogP contribution in [0.15, 0.2) is 24.4 Å². The highest BCUT2D eigenvalue weighted by atomic mass is 35.5. The lowest BCUT2D eigenvalue weighted by Gasteiger charge is -2.37. The number of nitrogens with zero attached hydrogens (tertiary/aromatic N) is 1. The molecule has 0 aromatic carbocycles. The van der Waals surface area contributed by atoms with Gasteiger partial charge in [-0.25, -0.2) is 4.39 Å². The van der Waals surface area contributed by atoms with Gasteiger partial charge < -0.3 is 14.5 Å². The molecule has 27 heavy (non-hydrogen) atoms. The Bertz CT molecular complexity index is 818. The number of fused-ring (bicyclic) bond motifs is 1. The van der Waals surface area contributed by atoms with Gasteiger partial charge in [-0.05, 0) is 56.2 Å². The van der Waals surface area contributed by atoms with Crippen LogP contribution in [0.2, 0.25) is 5.02 Å². The standard InChI is InChI=1S/C21H28ClFN2O2/c1-14-11-15(6-8-21(14,2)23)13-24-20(26)17-12-16(7-10-27-3)25-9-4-5-18(22)19(17)25/h4-5,9,12,14-15H,6-8,10-11,13H2,1-3H3,(H,24,26). The highest BCUT2D eigenvalue weighted by molar-refractivity contribution is 6.34. The molecule has 148 valence electrons. The monoisotopic (exact) mass is 394 g/mol. The molecule has 0 saturated heterocycles.